The standard InChI is InChI=1S/C12H10F3N3O/c1-2-10-11(7-19)18(17-16-10)9-5-3-8(4-6-9)12(13,14)15/h3-7H,2H2,1H3. The van der Waals surface area contributed by atoms with Gasteiger partial charge in [0.1, 0.15) is 5.69 Å². The summed E-state index contributed by atoms with van der Waals surface area (Å²) in [6, 6.07) is 4.39. The van der Waals surface area contributed by atoms with Gasteiger partial charge < -0.3 is 0 Å². The maximum Gasteiger partial charge on any atom is 0.416 e. The van der Waals surface area contributed by atoms with Crippen LogP contribution in [0.3, 0.4) is 0 Å². The summed E-state index contributed by atoms with van der Waals surface area (Å²) in [6.45, 7) is 1.81. The van der Waals surface area contributed by atoms with E-state index in [-0.39, 0.29) is 5.69 Å². The lowest BCUT2D eigenvalue weighted by atomic mass is 10.2. The molecule has 0 radical (unpaired) electrons. The highest BCUT2D eigenvalue weighted by Gasteiger charge is 2.30. The van der Waals surface area contributed by atoms with E-state index in [2.05, 4.69) is 10.3 Å². The molecular weight excluding hydrogens is 259 g/mol. The third kappa shape index (κ3) is 2.49. The van der Waals surface area contributed by atoms with E-state index in [1.165, 1.54) is 16.8 Å². The first-order valence-corrected chi connectivity index (χ1v) is 5.54. The normalized spacial score (nSPS) is 11.6. The average Bonchev–Trinajstić information content (AvgIpc) is 2.80. The summed E-state index contributed by atoms with van der Waals surface area (Å²) in [5.41, 5.74) is 0.374. The summed E-state index contributed by atoms with van der Waals surface area (Å²) >= 11 is 0. The van der Waals surface area contributed by atoms with Gasteiger partial charge in [-0.2, -0.15) is 13.2 Å². The molecule has 0 fully saturated rings. The lowest BCUT2D eigenvalue weighted by Gasteiger charge is -2.08. The fraction of sp³-hybridized carbons (Fsp3) is 0.250. The molecule has 0 aliphatic rings. The lowest BCUT2D eigenvalue weighted by Crippen LogP contribution is -2.06. The molecule has 0 aliphatic carbocycles. The Morgan fingerprint density at radius 2 is 1.89 bits per heavy atom. The van der Waals surface area contributed by atoms with Crippen LogP contribution in [-0.4, -0.2) is 21.3 Å². The minimum Gasteiger partial charge on any atom is -0.296 e. The zero-order valence-corrected chi connectivity index (χ0v) is 9.98. The van der Waals surface area contributed by atoms with Crippen LogP contribution < -0.4 is 0 Å². The number of carbonyl (C=O) groups excluding carboxylic acids is 1. The number of nitrogens with zero attached hydrogens (tertiary/aromatic N) is 3. The second kappa shape index (κ2) is 4.83. The highest BCUT2D eigenvalue weighted by Crippen LogP contribution is 2.29. The molecule has 7 heteroatoms. The van der Waals surface area contributed by atoms with Crippen LogP contribution in [0, 0.1) is 0 Å². The van der Waals surface area contributed by atoms with Gasteiger partial charge in [-0.05, 0) is 30.7 Å². The predicted octanol–water partition coefficient (Wildman–Crippen LogP) is 2.66. The van der Waals surface area contributed by atoms with Crippen molar-refractivity contribution >= 4 is 6.29 Å². The van der Waals surface area contributed by atoms with Crippen LogP contribution in [0.1, 0.15) is 28.7 Å². The molecule has 4 nitrogen and oxygen atoms in total. The predicted molar refractivity (Wildman–Crippen MR) is 61.1 cm³/mol. The monoisotopic (exact) mass is 269 g/mol. The Kier molecular flexibility index (Phi) is 3.37. The minimum absolute atomic E-state index is 0.252. The molecule has 0 amide bonds. The molecule has 19 heavy (non-hydrogen) atoms. The molecule has 2 aromatic rings. The number of halogens is 3. The van der Waals surface area contributed by atoms with Gasteiger partial charge in [0.15, 0.2) is 6.29 Å². The third-order valence-corrected chi connectivity index (χ3v) is 2.66. The van der Waals surface area contributed by atoms with Gasteiger partial charge in [-0.3, -0.25) is 4.79 Å². The molecule has 0 unspecified atom stereocenters. The smallest absolute Gasteiger partial charge is 0.296 e. The molecule has 1 heterocycles. The molecule has 0 saturated carbocycles. The first-order chi connectivity index (χ1) is 8.97. The van der Waals surface area contributed by atoms with Crippen molar-refractivity contribution in [3.8, 4) is 5.69 Å². The minimum atomic E-state index is -4.39. The van der Waals surface area contributed by atoms with Crippen molar-refractivity contribution in [3.05, 3.63) is 41.2 Å². The molecule has 0 spiro atoms. The Bertz CT molecular complexity index is 587. The first kappa shape index (κ1) is 13.3. The van der Waals surface area contributed by atoms with Crippen molar-refractivity contribution in [1.82, 2.24) is 15.0 Å². The number of aromatic nitrogens is 3. The van der Waals surface area contributed by atoms with E-state index < -0.39 is 11.7 Å². The van der Waals surface area contributed by atoms with E-state index in [9.17, 15) is 18.0 Å². The van der Waals surface area contributed by atoms with Crippen molar-refractivity contribution in [2.24, 2.45) is 0 Å². The van der Waals surface area contributed by atoms with Gasteiger partial charge in [0.05, 0.1) is 16.9 Å². The van der Waals surface area contributed by atoms with E-state index in [0.717, 1.165) is 12.1 Å². The Labute approximate surface area is 106 Å². The molecule has 0 aliphatic heterocycles. The average molecular weight is 269 g/mol. The van der Waals surface area contributed by atoms with Gasteiger partial charge in [0.25, 0.3) is 0 Å². The summed E-state index contributed by atoms with van der Waals surface area (Å²) in [5.74, 6) is 0. The van der Waals surface area contributed by atoms with Crippen LogP contribution in [0.15, 0.2) is 24.3 Å². The largest absolute Gasteiger partial charge is 0.416 e. The fourth-order valence-corrected chi connectivity index (χ4v) is 1.67. The molecule has 1 aromatic carbocycles. The summed E-state index contributed by atoms with van der Waals surface area (Å²) in [7, 11) is 0. The van der Waals surface area contributed by atoms with Crippen molar-refractivity contribution in [2.45, 2.75) is 19.5 Å². The molecule has 0 bridgehead atoms. The summed E-state index contributed by atoms with van der Waals surface area (Å²) in [5, 5.41) is 7.59. The second-order valence-electron chi connectivity index (χ2n) is 3.85. The molecule has 2 rings (SSSR count). The number of alkyl halides is 3. The van der Waals surface area contributed by atoms with E-state index in [0.29, 0.717) is 24.1 Å². The Morgan fingerprint density at radius 3 is 2.37 bits per heavy atom. The number of carbonyl (C=O) groups is 1. The Morgan fingerprint density at radius 1 is 1.26 bits per heavy atom. The van der Waals surface area contributed by atoms with Gasteiger partial charge in [-0.25, -0.2) is 4.68 Å². The molecule has 1 aromatic heterocycles. The number of aldehydes is 1. The van der Waals surface area contributed by atoms with Gasteiger partial charge in [-0.1, -0.05) is 12.1 Å². The van der Waals surface area contributed by atoms with Crippen LogP contribution in [0.4, 0.5) is 13.2 Å². The number of rotatable bonds is 3. The van der Waals surface area contributed by atoms with Crippen molar-refractivity contribution < 1.29 is 18.0 Å². The molecule has 0 saturated heterocycles. The van der Waals surface area contributed by atoms with Crippen molar-refractivity contribution in [1.29, 1.82) is 0 Å². The van der Waals surface area contributed by atoms with Crippen LogP contribution in [0.25, 0.3) is 5.69 Å². The van der Waals surface area contributed by atoms with E-state index in [1.54, 1.807) is 0 Å². The van der Waals surface area contributed by atoms with E-state index in [1.807, 2.05) is 6.92 Å². The van der Waals surface area contributed by atoms with Crippen LogP contribution in [-0.2, 0) is 12.6 Å². The van der Waals surface area contributed by atoms with E-state index >= 15 is 0 Å². The molecule has 0 atom stereocenters. The number of benzene rings is 1. The number of aryl methyl sites for hydroxylation is 1. The topological polar surface area (TPSA) is 47.8 Å². The van der Waals surface area contributed by atoms with Gasteiger partial charge >= 0.3 is 6.18 Å². The summed E-state index contributed by atoms with van der Waals surface area (Å²) in [4.78, 5) is 11.0. The first-order valence-electron chi connectivity index (χ1n) is 5.54. The maximum atomic E-state index is 12.4. The number of hydrogen-bond donors (Lipinski definition) is 0. The second-order valence-corrected chi connectivity index (χ2v) is 3.85. The Balaban J connectivity index is 2.43. The number of hydrogen-bond acceptors (Lipinski definition) is 3. The third-order valence-electron chi connectivity index (χ3n) is 2.66. The summed E-state index contributed by atoms with van der Waals surface area (Å²) in [6.07, 6.45) is -3.27. The van der Waals surface area contributed by atoms with Crippen LogP contribution in [0.2, 0.25) is 0 Å². The quantitative estimate of drug-likeness (QED) is 0.805. The highest BCUT2D eigenvalue weighted by atomic mass is 19.4. The Hall–Kier alpha value is -2.18. The van der Waals surface area contributed by atoms with Crippen LogP contribution in [0.5, 0.6) is 0 Å². The molecule has 0 N–H and O–H groups in total. The van der Waals surface area contributed by atoms with Crippen molar-refractivity contribution in [3.63, 3.8) is 0 Å². The van der Waals surface area contributed by atoms with Gasteiger partial charge in [0, 0.05) is 0 Å². The summed E-state index contributed by atoms with van der Waals surface area (Å²) < 4.78 is 38.5. The maximum absolute atomic E-state index is 12.4. The van der Waals surface area contributed by atoms with Gasteiger partial charge in [-0.15, -0.1) is 5.10 Å². The zero-order chi connectivity index (χ0) is 14.0. The fourth-order valence-electron chi connectivity index (χ4n) is 1.67. The molecular formula is C12H10F3N3O. The van der Waals surface area contributed by atoms with Crippen LogP contribution >= 0.6 is 0 Å². The zero-order valence-electron chi connectivity index (χ0n) is 9.98. The molecule has 100 valence electrons. The SMILES string of the molecule is CCc1nnn(-c2ccc(C(F)(F)F)cc2)c1C=O. The van der Waals surface area contributed by atoms with Crippen molar-refractivity contribution in [2.75, 3.05) is 0 Å². The highest BCUT2D eigenvalue weighted by molar-refractivity contribution is 5.74. The van der Waals surface area contributed by atoms with Gasteiger partial charge in [0.2, 0.25) is 0 Å². The lowest BCUT2D eigenvalue weighted by molar-refractivity contribution is -0.137. The van der Waals surface area contributed by atoms with E-state index in [4.69, 9.17) is 0 Å².